The zero-order valence-corrected chi connectivity index (χ0v) is 28.2. The number of benzene rings is 2. The molecule has 2 aliphatic rings. The van der Waals surface area contributed by atoms with Crippen LogP contribution in [0.5, 0.6) is 0 Å². The zero-order valence-electron chi connectivity index (χ0n) is 23.3. The van der Waals surface area contributed by atoms with E-state index in [9.17, 15) is 0 Å². The van der Waals surface area contributed by atoms with Gasteiger partial charge in [0.25, 0.3) is 0 Å². The maximum absolute atomic E-state index is 2.42. The molecule has 44 heavy (non-hydrogen) atoms. The Kier molecular flexibility index (Phi) is 5.93. The lowest BCUT2D eigenvalue weighted by Gasteiger charge is -1.98. The Morgan fingerprint density at radius 3 is 0.977 bits per heavy atom. The summed E-state index contributed by atoms with van der Waals surface area (Å²) in [6.45, 7) is 0. The Hall–Kier alpha value is -3.36. The topological polar surface area (TPSA) is 0 Å². The van der Waals surface area contributed by atoms with E-state index in [0.717, 1.165) is 12.8 Å². The third kappa shape index (κ3) is 4.17. The lowest BCUT2D eigenvalue weighted by atomic mass is 10.1. The molecule has 0 fully saturated rings. The standard InChI is InChI=1S/C38H22S6/c1-3-7-25-21(5-1)17-23-19-35(43-37(23)25)33-15-13-31(41-33)29-11-9-27(39-29)28-10-12-30(40-28)32-14-16-34(42-32)36-20-24-18-22-6-2-4-8-26(22)38(24)44-36/h1-16,19-20H,17-18H2. The monoisotopic (exact) mass is 670 g/mol. The zero-order chi connectivity index (χ0) is 28.8. The maximum Gasteiger partial charge on any atom is 0.0452 e. The van der Waals surface area contributed by atoms with E-state index in [2.05, 4.69) is 109 Å². The van der Waals surface area contributed by atoms with Crippen LogP contribution < -0.4 is 0 Å². The Labute approximate surface area is 279 Å². The first kappa shape index (κ1) is 25.9. The molecule has 6 heteroatoms. The van der Waals surface area contributed by atoms with E-state index in [1.165, 1.54) is 91.9 Å². The Morgan fingerprint density at radius 1 is 0.295 bits per heavy atom. The smallest absolute Gasteiger partial charge is 0.0452 e. The summed E-state index contributed by atoms with van der Waals surface area (Å²) in [6, 6.07) is 41.0. The van der Waals surface area contributed by atoms with E-state index in [-0.39, 0.29) is 0 Å². The van der Waals surface area contributed by atoms with Crippen molar-refractivity contribution in [2.45, 2.75) is 12.8 Å². The summed E-state index contributed by atoms with van der Waals surface area (Å²) >= 11 is 11.6. The SMILES string of the molecule is c1ccc2c(c1)Cc1cc(-c3ccc(-c4ccc(-c5ccc(-c6ccc(-c7cc8c(s7)-c7ccccc7C8)s6)s5)s4)s3)sc1-2. The molecule has 0 nitrogen and oxygen atoms in total. The molecular weight excluding hydrogens is 649 g/mol. The molecule has 10 rings (SSSR count). The van der Waals surface area contributed by atoms with Gasteiger partial charge < -0.3 is 0 Å². The summed E-state index contributed by atoms with van der Waals surface area (Å²) in [7, 11) is 0. The molecule has 8 aromatic rings. The van der Waals surface area contributed by atoms with E-state index in [1.807, 2.05) is 68.0 Å². The van der Waals surface area contributed by atoms with Crippen LogP contribution in [0.25, 0.3) is 69.7 Å². The highest BCUT2D eigenvalue weighted by Gasteiger charge is 2.24. The van der Waals surface area contributed by atoms with Crippen LogP contribution in [-0.2, 0) is 12.8 Å². The first-order valence-electron chi connectivity index (χ1n) is 14.6. The molecule has 0 unspecified atom stereocenters. The highest BCUT2D eigenvalue weighted by atomic mass is 32.1. The van der Waals surface area contributed by atoms with Crippen LogP contribution in [0.1, 0.15) is 22.3 Å². The van der Waals surface area contributed by atoms with E-state index in [0.29, 0.717) is 0 Å². The fourth-order valence-corrected chi connectivity index (χ4v) is 13.4. The van der Waals surface area contributed by atoms with Crippen molar-refractivity contribution in [3.63, 3.8) is 0 Å². The van der Waals surface area contributed by atoms with Gasteiger partial charge in [-0.15, -0.1) is 68.0 Å². The molecular formula is C38H22S6. The number of hydrogen-bond acceptors (Lipinski definition) is 6. The van der Waals surface area contributed by atoms with Gasteiger partial charge in [-0.25, -0.2) is 0 Å². The maximum atomic E-state index is 2.42. The van der Waals surface area contributed by atoms with Crippen LogP contribution in [0.15, 0.2) is 109 Å². The molecule has 6 heterocycles. The number of rotatable bonds is 5. The average molecular weight is 671 g/mol. The number of thiophene rings is 6. The summed E-state index contributed by atoms with van der Waals surface area (Å²) in [6.07, 6.45) is 2.13. The minimum absolute atomic E-state index is 1.06. The van der Waals surface area contributed by atoms with E-state index >= 15 is 0 Å². The van der Waals surface area contributed by atoms with Crippen LogP contribution in [0.4, 0.5) is 0 Å². The largest absolute Gasteiger partial charge is 0.134 e. The van der Waals surface area contributed by atoms with Gasteiger partial charge in [0.15, 0.2) is 0 Å². The van der Waals surface area contributed by atoms with Crippen molar-refractivity contribution in [2.75, 3.05) is 0 Å². The van der Waals surface area contributed by atoms with Gasteiger partial charge in [0.05, 0.1) is 0 Å². The van der Waals surface area contributed by atoms with Crippen LogP contribution >= 0.6 is 68.0 Å². The summed E-state index contributed by atoms with van der Waals surface area (Å²) in [5.41, 5.74) is 8.74. The number of hydrogen-bond donors (Lipinski definition) is 0. The Balaban J connectivity index is 0.884. The van der Waals surface area contributed by atoms with Gasteiger partial charge in [-0.05, 0) is 107 Å². The van der Waals surface area contributed by atoms with E-state index < -0.39 is 0 Å². The highest BCUT2D eigenvalue weighted by molar-refractivity contribution is 7.31. The first-order valence-corrected chi connectivity index (χ1v) is 19.5. The highest BCUT2D eigenvalue weighted by Crippen LogP contribution is 2.50. The van der Waals surface area contributed by atoms with Crippen molar-refractivity contribution in [3.05, 3.63) is 131 Å². The second-order valence-corrected chi connectivity index (χ2v) is 17.7. The third-order valence-electron chi connectivity index (χ3n) is 8.54. The van der Waals surface area contributed by atoms with Gasteiger partial charge in [0, 0.05) is 58.5 Å². The molecule has 0 bridgehead atoms. The molecule has 0 aliphatic heterocycles. The fraction of sp³-hybridized carbons (Fsp3) is 0.0526. The van der Waals surface area contributed by atoms with Crippen molar-refractivity contribution < 1.29 is 0 Å². The van der Waals surface area contributed by atoms with Crippen LogP contribution in [0.3, 0.4) is 0 Å². The van der Waals surface area contributed by atoms with Crippen LogP contribution in [0.2, 0.25) is 0 Å². The van der Waals surface area contributed by atoms with Crippen molar-refractivity contribution in [2.24, 2.45) is 0 Å². The summed E-state index contributed by atoms with van der Waals surface area (Å²) < 4.78 is 0. The molecule has 0 saturated carbocycles. The van der Waals surface area contributed by atoms with Gasteiger partial charge in [-0.3, -0.25) is 0 Å². The van der Waals surface area contributed by atoms with Crippen LogP contribution in [0, 0.1) is 0 Å². The second kappa shape index (κ2) is 10.1. The molecule has 2 aliphatic carbocycles. The summed E-state index contributed by atoms with van der Waals surface area (Å²) in [5, 5.41) is 0. The third-order valence-corrected chi connectivity index (χ3v) is 16.3. The molecule has 210 valence electrons. The van der Waals surface area contributed by atoms with E-state index in [4.69, 9.17) is 0 Å². The molecule has 0 saturated heterocycles. The average Bonchev–Trinajstić information content (AvgIpc) is 3.89. The lowest BCUT2D eigenvalue weighted by molar-refractivity contribution is 1.27. The van der Waals surface area contributed by atoms with E-state index in [1.54, 1.807) is 0 Å². The van der Waals surface area contributed by atoms with Gasteiger partial charge in [0.1, 0.15) is 0 Å². The molecule has 0 N–H and O–H groups in total. The summed E-state index contributed by atoms with van der Waals surface area (Å²) in [5.74, 6) is 0. The lowest BCUT2D eigenvalue weighted by Crippen LogP contribution is -1.78. The minimum atomic E-state index is 1.06. The quantitative estimate of drug-likeness (QED) is 0.171. The Bertz CT molecular complexity index is 2190. The Morgan fingerprint density at radius 2 is 0.614 bits per heavy atom. The van der Waals surface area contributed by atoms with Gasteiger partial charge in [-0.2, -0.15) is 0 Å². The van der Waals surface area contributed by atoms with Crippen molar-refractivity contribution in [1.29, 1.82) is 0 Å². The van der Waals surface area contributed by atoms with Crippen LogP contribution in [-0.4, -0.2) is 0 Å². The first-order chi connectivity index (χ1) is 21.7. The van der Waals surface area contributed by atoms with Crippen molar-refractivity contribution in [3.8, 4) is 69.7 Å². The minimum Gasteiger partial charge on any atom is -0.134 e. The van der Waals surface area contributed by atoms with Crippen molar-refractivity contribution >= 4 is 68.0 Å². The second-order valence-electron chi connectivity index (χ2n) is 11.3. The van der Waals surface area contributed by atoms with Gasteiger partial charge in [-0.1, -0.05) is 48.5 Å². The molecule has 0 atom stereocenters. The van der Waals surface area contributed by atoms with Gasteiger partial charge >= 0.3 is 0 Å². The van der Waals surface area contributed by atoms with Gasteiger partial charge in [0.2, 0.25) is 0 Å². The molecule has 2 aromatic carbocycles. The molecule has 6 aromatic heterocycles. The molecule has 0 amide bonds. The predicted octanol–water partition coefficient (Wildman–Crippen LogP) is 13.5. The molecule has 0 spiro atoms. The predicted molar refractivity (Wildman–Crippen MR) is 197 cm³/mol. The van der Waals surface area contributed by atoms with Crippen molar-refractivity contribution in [1.82, 2.24) is 0 Å². The fourth-order valence-electron chi connectivity index (χ4n) is 6.43. The molecule has 0 radical (unpaired) electrons. The summed E-state index contributed by atoms with van der Waals surface area (Å²) in [4.78, 5) is 16.6. The normalized spacial score (nSPS) is 12.8. The number of fused-ring (bicyclic) bond motifs is 6.